The average Bonchev–Trinajstić information content (AvgIpc) is 3.36. The van der Waals surface area contributed by atoms with Crippen molar-refractivity contribution in [2.45, 2.75) is 25.4 Å². The van der Waals surface area contributed by atoms with Gasteiger partial charge in [-0.25, -0.2) is 9.97 Å². The quantitative estimate of drug-likeness (QED) is 0.690. The summed E-state index contributed by atoms with van der Waals surface area (Å²) in [7, 11) is 6.26. The summed E-state index contributed by atoms with van der Waals surface area (Å²) in [5, 5.41) is 10.7. The van der Waals surface area contributed by atoms with Crippen LogP contribution in [0.1, 0.15) is 18.5 Å². The third-order valence-electron chi connectivity index (χ3n) is 5.26. The van der Waals surface area contributed by atoms with Gasteiger partial charge in [0.05, 0.1) is 30.3 Å². The Balaban J connectivity index is 1.31. The number of anilines is 2. The number of aromatic nitrogens is 4. The number of aryl methyl sites for hydroxylation is 1. The highest BCUT2D eigenvalue weighted by atomic mass is 32.1. The number of rotatable bonds is 6. The zero-order valence-electron chi connectivity index (χ0n) is 16.7. The van der Waals surface area contributed by atoms with E-state index in [-0.39, 0.29) is 0 Å². The summed E-state index contributed by atoms with van der Waals surface area (Å²) in [5.41, 5.74) is 3.27. The molecule has 1 N–H and O–H groups in total. The van der Waals surface area contributed by atoms with E-state index in [9.17, 15) is 0 Å². The minimum atomic E-state index is 0.664. The van der Waals surface area contributed by atoms with E-state index in [0.29, 0.717) is 12.6 Å². The van der Waals surface area contributed by atoms with Crippen LogP contribution < -0.4 is 10.2 Å². The lowest BCUT2D eigenvalue weighted by Crippen LogP contribution is -2.42. The summed E-state index contributed by atoms with van der Waals surface area (Å²) < 4.78 is 1.79. The van der Waals surface area contributed by atoms with Gasteiger partial charge in [0.15, 0.2) is 0 Å². The Morgan fingerprint density at radius 3 is 2.68 bits per heavy atom. The maximum Gasteiger partial charge on any atom is 0.126 e. The maximum atomic E-state index is 4.68. The van der Waals surface area contributed by atoms with Crippen molar-refractivity contribution in [1.82, 2.24) is 24.6 Å². The van der Waals surface area contributed by atoms with E-state index in [1.807, 2.05) is 25.6 Å². The SMILES string of the molecule is CN(C)C1CCN(c2ccc(NCc3csc(-c4cnn(C)c4)n3)nc2)CC1. The summed E-state index contributed by atoms with van der Waals surface area (Å²) in [5.74, 6) is 0.878. The fourth-order valence-electron chi connectivity index (χ4n) is 3.55. The van der Waals surface area contributed by atoms with Gasteiger partial charge in [-0.15, -0.1) is 11.3 Å². The molecule has 4 heterocycles. The molecule has 7 nitrogen and oxygen atoms in total. The Labute approximate surface area is 170 Å². The van der Waals surface area contributed by atoms with Gasteiger partial charge >= 0.3 is 0 Å². The van der Waals surface area contributed by atoms with E-state index >= 15 is 0 Å². The first kappa shape index (κ1) is 18.9. The number of nitrogens with one attached hydrogen (secondary N) is 1. The second-order valence-electron chi connectivity index (χ2n) is 7.48. The number of hydrogen-bond donors (Lipinski definition) is 1. The summed E-state index contributed by atoms with van der Waals surface area (Å²) in [6.07, 6.45) is 8.21. The van der Waals surface area contributed by atoms with Crippen LogP contribution in [-0.2, 0) is 13.6 Å². The standard InChI is InChI=1S/C20H27N7S/c1-25(2)17-6-8-27(9-7-17)18-4-5-19(22-12-18)21-11-16-14-28-20(24-16)15-10-23-26(3)13-15/h4-5,10,12-14,17H,6-9,11H2,1-3H3,(H,21,22). The molecule has 3 aromatic heterocycles. The van der Waals surface area contributed by atoms with Crippen molar-refractivity contribution in [3.63, 3.8) is 0 Å². The first-order valence-electron chi connectivity index (χ1n) is 9.63. The van der Waals surface area contributed by atoms with Gasteiger partial charge in [0.1, 0.15) is 10.8 Å². The van der Waals surface area contributed by atoms with Crippen molar-refractivity contribution in [3.8, 4) is 10.6 Å². The molecule has 148 valence electrons. The molecule has 0 spiro atoms. The van der Waals surface area contributed by atoms with E-state index in [1.54, 1.807) is 16.0 Å². The number of pyridine rings is 1. The van der Waals surface area contributed by atoms with Crippen LogP contribution in [0.3, 0.4) is 0 Å². The van der Waals surface area contributed by atoms with Gasteiger partial charge in [0.25, 0.3) is 0 Å². The van der Waals surface area contributed by atoms with Crippen LogP contribution >= 0.6 is 11.3 Å². The van der Waals surface area contributed by atoms with E-state index in [0.717, 1.165) is 35.2 Å². The van der Waals surface area contributed by atoms with E-state index in [2.05, 4.69) is 61.8 Å². The molecule has 28 heavy (non-hydrogen) atoms. The molecule has 0 aliphatic carbocycles. The van der Waals surface area contributed by atoms with Crippen LogP contribution in [0.5, 0.6) is 0 Å². The average molecular weight is 398 g/mol. The molecular formula is C20H27N7S. The van der Waals surface area contributed by atoms with Gasteiger partial charge in [0.2, 0.25) is 0 Å². The van der Waals surface area contributed by atoms with Crippen LogP contribution in [0.4, 0.5) is 11.5 Å². The molecule has 1 aliphatic heterocycles. The first-order chi connectivity index (χ1) is 13.6. The molecule has 3 aromatic rings. The molecule has 1 aliphatic rings. The lowest BCUT2D eigenvalue weighted by atomic mass is 10.0. The highest BCUT2D eigenvalue weighted by Crippen LogP contribution is 2.24. The van der Waals surface area contributed by atoms with Crippen LogP contribution in [0.25, 0.3) is 10.6 Å². The Morgan fingerprint density at radius 2 is 2.04 bits per heavy atom. The Bertz CT molecular complexity index is 891. The van der Waals surface area contributed by atoms with Gasteiger partial charge in [-0.05, 0) is 39.1 Å². The minimum absolute atomic E-state index is 0.664. The maximum absolute atomic E-state index is 4.68. The largest absolute Gasteiger partial charge is 0.370 e. The predicted octanol–water partition coefficient (Wildman–Crippen LogP) is 3.08. The summed E-state index contributed by atoms with van der Waals surface area (Å²) in [4.78, 5) is 14.0. The third-order valence-corrected chi connectivity index (χ3v) is 6.20. The summed E-state index contributed by atoms with van der Waals surface area (Å²) in [6.45, 7) is 2.85. The Morgan fingerprint density at radius 1 is 1.21 bits per heavy atom. The molecule has 0 atom stereocenters. The van der Waals surface area contributed by atoms with Crippen molar-refractivity contribution >= 4 is 22.8 Å². The Kier molecular flexibility index (Phi) is 5.59. The predicted molar refractivity (Wildman–Crippen MR) is 115 cm³/mol. The molecule has 4 rings (SSSR count). The zero-order valence-corrected chi connectivity index (χ0v) is 17.5. The molecule has 0 unspecified atom stereocenters. The normalized spacial score (nSPS) is 15.4. The molecule has 0 aromatic carbocycles. The molecule has 0 radical (unpaired) electrons. The van der Waals surface area contributed by atoms with Crippen LogP contribution in [0, 0.1) is 0 Å². The molecule has 1 fully saturated rings. The minimum Gasteiger partial charge on any atom is -0.370 e. The number of hydrogen-bond acceptors (Lipinski definition) is 7. The second-order valence-corrected chi connectivity index (χ2v) is 8.34. The van der Waals surface area contributed by atoms with Gasteiger partial charge in [0, 0.05) is 43.3 Å². The molecule has 0 amide bonds. The molecule has 0 bridgehead atoms. The smallest absolute Gasteiger partial charge is 0.126 e. The van der Waals surface area contributed by atoms with E-state index in [4.69, 9.17) is 0 Å². The monoisotopic (exact) mass is 397 g/mol. The first-order valence-corrected chi connectivity index (χ1v) is 10.5. The summed E-state index contributed by atoms with van der Waals surface area (Å²) >= 11 is 1.64. The van der Waals surface area contributed by atoms with Crippen molar-refractivity contribution in [2.24, 2.45) is 7.05 Å². The van der Waals surface area contributed by atoms with Gasteiger partial charge in [-0.2, -0.15) is 5.10 Å². The molecular weight excluding hydrogens is 370 g/mol. The van der Waals surface area contributed by atoms with Crippen molar-refractivity contribution in [2.75, 3.05) is 37.4 Å². The molecule has 8 heteroatoms. The fourth-order valence-corrected chi connectivity index (χ4v) is 4.35. The lowest BCUT2D eigenvalue weighted by molar-refractivity contribution is 0.249. The van der Waals surface area contributed by atoms with Crippen molar-refractivity contribution < 1.29 is 0 Å². The third kappa shape index (κ3) is 4.34. The second kappa shape index (κ2) is 8.28. The summed E-state index contributed by atoms with van der Waals surface area (Å²) in [6, 6.07) is 4.91. The van der Waals surface area contributed by atoms with Crippen molar-refractivity contribution in [1.29, 1.82) is 0 Å². The fraction of sp³-hybridized carbons (Fsp3) is 0.450. The van der Waals surface area contributed by atoms with Crippen molar-refractivity contribution in [3.05, 3.63) is 41.8 Å². The van der Waals surface area contributed by atoms with E-state index < -0.39 is 0 Å². The van der Waals surface area contributed by atoms with E-state index in [1.165, 1.54) is 18.5 Å². The number of piperidine rings is 1. The topological polar surface area (TPSA) is 62.1 Å². The Hall–Kier alpha value is -2.45. The number of nitrogens with zero attached hydrogens (tertiary/aromatic N) is 6. The zero-order chi connectivity index (χ0) is 19.5. The lowest BCUT2D eigenvalue weighted by Gasteiger charge is -2.36. The van der Waals surface area contributed by atoms with Crippen LogP contribution in [0.15, 0.2) is 36.1 Å². The highest BCUT2D eigenvalue weighted by molar-refractivity contribution is 7.13. The van der Waals surface area contributed by atoms with Gasteiger partial charge < -0.3 is 15.1 Å². The number of thiazole rings is 1. The van der Waals surface area contributed by atoms with Crippen LogP contribution in [0.2, 0.25) is 0 Å². The highest BCUT2D eigenvalue weighted by Gasteiger charge is 2.20. The molecule has 0 saturated carbocycles. The van der Waals surface area contributed by atoms with Gasteiger partial charge in [-0.3, -0.25) is 4.68 Å². The van der Waals surface area contributed by atoms with Crippen LogP contribution in [-0.4, -0.2) is 57.9 Å². The van der Waals surface area contributed by atoms with Gasteiger partial charge in [-0.1, -0.05) is 0 Å². The molecule has 1 saturated heterocycles.